The third-order valence-corrected chi connectivity index (χ3v) is 5.55. The van der Waals surface area contributed by atoms with Crippen LogP contribution in [-0.2, 0) is 4.79 Å². The Bertz CT molecular complexity index is 1240. The van der Waals surface area contributed by atoms with E-state index in [-0.39, 0.29) is 18.6 Å². The van der Waals surface area contributed by atoms with Crippen LogP contribution in [0.15, 0.2) is 51.9 Å². The van der Waals surface area contributed by atoms with E-state index in [0.717, 1.165) is 21.6 Å². The lowest BCUT2D eigenvalue weighted by atomic mass is 10.1. The second-order valence-corrected chi connectivity index (χ2v) is 8.17. The fraction of sp³-hybridized carbons (Fsp3) is 0.261. The molecule has 1 aliphatic rings. The Morgan fingerprint density at radius 3 is 2.78 bits per heavy atom. The highest BCUT2D eigenvalue weighted by Gasteiger charge is 2.18. The largest absolute Gasteiger partial charge is 0.497 e. The van der Waals surface area contributed by atoms with Gasteiger partial charge >= 0.3 is 0 Å². The summed E-state index contributed by atoms with van der Waals surface area (Å²) in [5, 5.41) is 9.58. The summed E-state index contributed by atoms with van der Waals surface area (Å²) in [5.41, 5.74) is 3.18. The van der Waals surface area contributed by atoms with Crippen molar-refractivity contribution in [2.75, 3.05) is 26.1 Å². The number of rotatable bonds is 6. The molecule has 8 nitrogen and oxygen atoms in total. The summed E-state index contributed by atoms with van der Waals surface area (Å²) < 4.78 is 18.0. The van der Waals surface area contributed by atoms with Gasteiger partial charge in [-0.3, -0.25) is 9.79 Å². The predicted octanol–water partition coefficient (Wildman–Crippen LogP) is 3.76. The standard InChI is InChI=1S/C23H24N4O4S/c1-14(2)25-23-27(24-11-16-5-7-17(29-3)10-21(16)30-4)19(13-32-23)15-6-8-20-18(9-15)26-22(28)12-31-20/h5-11,13-14H,12H2,1-4H3,(H,26,28). The number of methoxy groups -OCH3 is 2. The molecule has 2 heterocycles. The van der Waals surface area contributed by atoms with Gasteiger partial charge in [0.05, 0.1) is 31.8 Å². The Hall–Kier alpha value is -3.59. The van der Waals surface area contributed by atoms with Gasteiger partial charge in [-0.1, -0.05) is 0 Å². The maximum atomic E-state index is 11.7. The zero-order valence-corrected chi connectivity index (χ0v) is 19.1. The van der Waals surface area contributed by atoms with E-state index < -0.39 is 0 Å². The Morgan fingerprint density at radius 2 is 2.03 bits per heavy atom. The average molecular weight is 453 g/mol. The second kappa shape index (κ2) is 9.27. The molecule has 0 fully saturated rings. The van der Waals surface area contributed by atoms with Crippen molar-refractivity contribution < 1.29 is 19.0 Å². The van der Waals surface area contributed by atoms with Gasteiger partial charge in [0.15, 0.2) is 6.61 Å². The van der Waals surface area contributed by atoms with E-state index in [9.17, 15) is 4.79 Å². The van der Waals surface area contributed by atoms with Crippen LogP contribution < -0.4 is 24.3 Å². The van der Waals surface area contributed by atoms with Gasteiger partial charge in [0.25, 0.3) is 5.91 Å². The van der Waals surface area contributed by atoms with Crippen LogP contribution in [0.25, 0.3) is 11.3 Å². The van der Waals surface area contributed by atoms with E-state index in [1.165, 1.54) is 11.3 Å². The lowest BCUT2D eigenvalue weighted by Gasteiger charge is -2.18. The number of thiazole rings is 1. The number of nitrogens with zero attached hydrogens (tertiary/aromatic N) is 3. The SMILES string of the molecule is COc1ccc(C=Nn2c(-c3ccc4c(c3)NC(=O)CO4)csc2=NC(C)C)c(OC)c1. The number of benzene rings is 2. The minimum absolute atomic E-state index is 0.0240. The summed E-state index contributed by atoms with van der Waals surface area (Å²) >= 11 is 1.50. The molecule has 0 unspecified atom stereocenters. The third kappa shape index (κ3) is 4.52. The summed E-state index contributed by atoms with van der Waals surface area (Å²) in [6.07, 6.45) is 1.73. The smallest absolute Gasteiger partial charge is 0.262 e. The molecule has 2 aromatic carbocycles. The van der Waals surface area contributed by atoms with Crippen LogP contribution in [-0.4, -0.2) is 43.7 Å². The van der Waals surface area contributed by atoms with Gasteiger partial charge < -0.3 is 19.5 Å². The number of carbonyl (C=O) groups excluding carboxylic acids is 1. The molecule has 0 spiro atoms. The zero-order chi connectivity index (χ0) is 22.7. The van der Waals surface area contributed by atoms with Crippen LogP contribution in [0.1, 0.15) is 19.4 Å². The van der Waals surface area contributed by atoms with Crippen molar-refractivity contribution in [3.63, 3.8) is 0 Å². The van der Waals surface area contributed by atoms with Gasteiger partial charge in [0.2, 0.25) is 4.80 Å². The highest BCUT2D eigenvalue weighted by atomic mass is 32.1. The summed E-state index contributed by atoms with van der Waals surface area (Å²) in [6, 6.07) is 11.3. The maximum Gasteiger partial charge on any atom is 0.262 e. The normalized spacial score (nSPS) is 13.8. The van der Waals surface area contributed by atoms with Gasteiger partial charge in [-0.15, -0.1) is 11.3 Å². The second-order valence-electron chi connectivity index (χ2n) is 7.34. The summed E-state index contributed by atoms with van der Waals surface area (Å²) in [5.74, 6) is 1.83. The van der Waals surface area contributed by atoms with Crippen molar-refractivity contribution in [1.29, 1.82) is 0 Å². The summed E-state index contributed by atoms with van der Waals surface area (Å²) in [6.45, 7) is 4.06. The minimum Gasteiger partial charge on any atom is -0.497 e. The van der Waals surface area contributed by atoms with Crippen LogP contribution in [0, 0.1) is 0 Å². The molecule has 9 heteroatoms. The molecular formula is C23H24N4O4S. The topological polar surface area (TPSA) is 86.4 Å². The van der Waals surface area contributed by atoms with Crippen molar-refractivity contribution in [3.05, 3.63) is 52.1 Å². The number of carbonyl (C=O) groups is 1. The van der Waals surface area contributed by atoms with Crippen LogP contribution in [0.2, 0.25) is 0 Å². The lowest BCUT2D eigenvalue weighted by molar-refractivity contribution is -0.118. The number of anilines is 1. The van der Waals surface area contributed by atoms with Crippen LogP contribution in [0.3, 0.4) is 0 Å². The molecule has 32 heavy (non-hydrogen) atoms. The molecule has 4 rings (SSSR count). The van der Waals surface area contributed by atoms with E-state index in [1.807, 2.05) is 55.6 Å². The predicted molar refractivity (Wildman–Crippen MR) is 125 cm³/mol. The molecule has 3 aromatic rings. The molecule has 0 bridgehead atoms. The molecule has 1 aliphatic heterocycles. The van der Waals surface area contributed by atoms with Crippen molar-refractivity contribution in [1.82, 2.24) is 4.68 Å². The Kier molecular flexibility index (Phi) is 6.27. The zero-order valence-electron chi connectivity index (χ0n) is 18.3. The molecule has 1 amide bonds. The van der Waals surface area contributed by atoms with Gasteiger partial charge in [0, 0.05) is 28.6 Å². The molecule has 0 radical (unpaired) electrons. The molecule has 0 aliphatic carbocycles. The van der Waals surface area contributed by atoms with Crippen LogP contribution in [0.4, 0.5) is 5.69 Å². The highest BCUT2D eigenvalue weighted by Crippen LogP contribution is 2.33. The molecule has 166 valence electrons. The van der Waals surface area contributed by atoms with Crippen LogP contribution in [0.5, 0.6) is 17.2 Å². The Morgan fingerprint density at radius 1 is 1.19 bits per heavy atom. The highest BCUT2D eigenvalue weighted by molar-refractivity contribution is 7.07. The van der Waals surface area contributed by atoms with E-state index in [0.29, 0.717) is 22.9 Å². The van der Waals surface area contributed by atoms with E-state index >= 15 is 0 Å². The number of ether oxygens (including phenoxy) is 3. The van der Waals surface area contributed by atoms with Gasteiger partial charge in [-0.2, -0.15) is 5.10 Å². The first-order valence-electron chi connectivity index (χ1n) is 10.1. The van der Waals surface area contributed by atoms with Crippen LogP contribution >= 0.6 is 11.3 Å². The summed E-state index contributed by atoms with van der Waals surface area (Å²) in [7, 11) is 3.22. The van der Waals surface area contributed by atoms with E-state index in [2.05, 4.69) is 5.32 Å². The lowest BCUT2D eigenvalue weighted by Crippen LogP contribution is -2.25. The van der Waals surface area contributed by atoms with E-state index in [4.69, 9.17) is 24.3 Å². The molecular weight excluding hydrogens is 428 g/mol. The molecule has 0 saturated carbocycles. The third-order valence-electron chi connectivity index (χ3n) is 4.72. The number of amides is 1. The molecule has 1 N–H and O–H groups in total. The number of aromatic nitrogens is 1. The number of hydrogen-bond acceptors (Lipinski definition) is 7. The quantitative estimate of drug-likeness (QED) is 0.577. The minimum atomic E-state index is -0.173. The number of hydrogen-bond donors (Lipinski definition) is 1. The fourth-order valence-corrected chi connectivity index (χ4v) is 4.18. The first-order chi connectivity index (χ1) is 15.5. The Labute approximate surface area is 189 Å². The fourth-order valence-electron chi connectivity index (χ4n) is 3.21. The van der Waals surface area contributed by atoms with Crippen molar-refractivity contribution in [2.45, 2.75) is 19.9 Å². The maximum absolute atomic E-state index is 11.7. The van der Waals surface area contributed by atoms with Gasteiger partial charge in [-0.05, 0) is 44.2 Å². The van der Waals surface area contributed by atoms with Crippen molar-refractivity contribution in [2.24, 2.45) is 10.1 Å². The Balaban J connectivity index is 1.79. The number of fused-ring (bicyclic) bond motifs is 1. The average Bonchev–Trinajstić information content (AvgIpc) is 3.18. The van der Waals surface area contributed by atoms with Crippen molar-refractivity contribution >= 4 is 29.1 Å². The first-order valence-corrected chi connectivity index (χ1v) is 10.9. The number of nitrogens with one attached hydrogen (secondary N) is 1. The molecule has 1 aromatic heterocycles. The van der Waals surface area contributed by atoms with E-state index in [1.54, 1.807) is 25.1 Å². The summed E-state index contributed by atoms with van der Waals surface area (Å²) in [4.78, 5) is 17.2. The van der Waals surface area contributed by atoms with Gasteiger partial charge in [0.1, 0.15) is 17.2 Å². The first kappa shape index (κ1) is 21.6. The molecule has 0 saturated heterocycles. The van der Waals surface area contributed by atoms with Crippen molar-refractivity contribution in [3.8, 4) is 28.5 Å². The molecule has 0 atom stereocenters. The van der Waals surface area contributed by atoms with Gasteiger partial charge in [-0.25, -0.2) is 4.68 Å². The monoisotopic (exact) mass is 452 g/mol.